The molecule has 17 nitrogen and oxygen atoms in total. The van der Waals surface area contributed by atoms with Gasteiger partial charge < -0.3 is 83.1 Å². The van der Waals surface area contributed by atoms with Gasteiger partial charge in [-0.05, 0) is 0 Å². The Hall–Kier alpha value is -0.940. The van der Waals surface area contributed by atoms with Crippen LogP contribution in [0.2, 0.25) is 0 Å². The van der Waals surface area contributed by atoms with Gasteiger partial charge in [-0.3, -0.25) is 0 Å². The standard InChI is InChI=1S/C27H50O17/c1-2-3-35-4-5-36-6-7-37-8-9-38-10-11-39-12-13-40-14-15-41-26-24(34)22(32)25(19(17-29)43-26)44-27-23(33)21(31)20(30)18(16-28)42-27/h2,18-34H,1,3-17H2. The van der Waals surface area contributed by atoms with Crippen LogP contribution in [0, 0.1) is 0 Å². The highest BCUT2D eigenvalue weighted by atomic mass is 16.7. The van der Waals surface area contributed by atoms with Crippen molar-refractivity contribution in [2.45, 2.75) is 61.4 Å². The molecule has 10 unspecified atom stereocenters. The monoisotopic (exact) mass is 646 g/mol. The first-order valence-electron chi connectivity index (χ1n) is 14.6. The van der Waals surface area contributed by atoms with Crippen molar-refractivity contribution in [3.63, 3.8) is 0 Å². The van der Waals surface area contributed by atoms with E-state index in [2.05, 4.69) is 6.58 Å². The Labute approximate surface area is 256 Å². The number of hydrogen-bond acceptors (Lipinski definition) is 17. The second kappa shape index (κ2) is 23.4. The molecule has 0 bridgehead atoms. The van der Waals surface area contributed by atoms with E-state index in [-0.39, 0.29) is 19.8 Å². The van der Waals surface area contributed by atoms with Gasteiger partial charge in [-0.25, -0.2) is 0 Å². The van der Waals surface area contributed by atoms with E-state index >= 15 is 0 Å². The summed E-state index contributed by atoms with van der Waals surface area (Å²) < 4.78 is 53.9. The predicted molar refractivity (Wildman–Crippen MR) is 147 cm³/mol. The number of ether oxygens (including phenoxy) is 10. The van der Waals surface area contributed by atoms with Crippen LogP contribution in [0.4, 0.5) is 0 Å². The minimum Gasteiger partial charge on any atom is -0.394 e. The fourth-order valence-electron chi connectivity index (χ4n) is 4.18. The van der Waals surface area contributed by atoms with E-state index < -0.39 is 74.6 Å². The van der Waals surface area contributed by atoms with Crippen molar-refractivity contribution in [3.8, 4) is 0 Å². The van der Waals surface area contributed by atoms with Crippen LogP contribution in [0.5, 0.6) is 0 Å². The first-order chi connectivity index (χ1) is 21.3. The Bertz CT molecular complexity index is 716. The lowest BCUT2D eigenvalue weighted by Crippen LogP contribution is -2.64. The maximum Gasteiger partial charge on any atom is 0.187 e. The van der Waals surface area contributed by atoms with E-state index in [0.717, 1.165) is 0 Å². The summed E-state index contributed by atoms with van der Waals surface area (Å²) in [6.07, 6.45) is -13.4. The van der Waals surface area contributed by atoms with Crippen LogP contribution in [0.25, 0.3) is 0 Å². The maximum atomic E-state index is 10.6. The molecule has 2 rings (SSSR count). The molecule has 0 saturated carbocycles. The summed E-state index contributed by atoms with van der Waals surface area (Å²) in [4.78, 5) is 0. The summed E-state index contributed by atoms with van der Waals surface area (Å²) in [5.41, 5.74) is 0. The van der Waals surface area contributed by atoms with E-state index in [9.17, 15) is 35.7 Å². The molecule has 2 saturated heterocycles. The Morgan fingerprint density at radius 2 is 0.932 bits per heavy atom. The minimum atomic E-state index is -1.74. The molecule has 0 radical (unpaired) electrons. The molecule has 0 aromatic rings. The summed E-state index contributed by atoms with van der Waals surface area (Å²) in [6, 6.07) is 0. The van der Waals surface area contributed by atoms with Gasteiger partial charge in [0.25, 0.3) is 0 Å². The second-order valence-corrected chi connectivity index (χ2v) is 9.80. The lowest BCUT2D eigenvalue weighted by atomic mass is 9.97. The topological polar surface area (TPSA) is 234 Å². The highest BCUT2D eigenvalue weighted by Gasteiger charge is 2.50. The van der Waals surface area contributed by atoms with Crippen molar-refractivity contribution in [2.75, 3.05) is 99.1 Å². The summed E-state index contributed by atoms with van der Waals surface area (Å²) in [6.45, 7) is 7.06. The van der Waals surface area contributed by atoms with Crippen molar-refractivity contribution in [1.82, 2.24) is 0 Å². The van der Waals surface area contributed by atoms with Crippen molar-refractivity contribution < 1.29 is 83.1 Å². The van der Waals surface area contributed by atoms with Crippen LogP contribution in [0.3, 0.4) is 0 Å². The van der Waals surface area contributed by atoms with Gasteiger partial charge in [0.2, 0.25) is 0 Å². The lowest BCUT2D eigenvalue weighted by Gasteiger charge is -2.45. The smallest absolute Gasteiger partial charge is 0.187 e. The van der Waals surface area contributed by atoms with E-state index in [1.807, 2.05) is 0 Å². The number of aliphatic hydroxyl groups is 7. The molecule has 7 N–H and O–H groups in total. The molecule has 0 spiro atoms. The molecule has 44 heavy (non-hydrogen) atoms. The van der Waals surface area contributed by atoms with Gasteiger partial charge in [-0.1, -0.05) is 6.08 Å². The Morgan fingerprint density at radius 3 is 1.41 bits per heavy atom. The van der Waals surface area contributed by atoms with Crippen LogP contribution in [0.15, 0.2) is 12.7 Å². The average molecular weight is 647 g/mol. The molecular weight excluding hydrogens is 596 g/mol. The fourth-order valence-corrected chi connectivity index (χ4v) is 4.18. The summed E-state index contributed by atoms with van der Waals surface area (Å²) in [7, 11) is 0. The van der Waals surface area contributed by atoms with Gasteiger partial charge in [0.1, 0.15) is 48.8 Å². The minimum absolute atomic E-state index is 0.0118. The molecule has 17 heteroatoms. The lowest BCUT2D eigenvalue weighted by molar-refractivity contribution is -0.359. The molecule has 2 aliphatic heterocycles. The van der Waals surface area contributed by atoms with E-state index in [1.165, 1.54) is 0 Å². The van der Waals surface area contributed by atoms with Crippen LogP contribution in [0.1, 0.15) is 0 Å². The largest absolute Gasteiger partial charge is 0.394 e. The third-order valence-electron chi connectivity index (χ3n) is 6.57. The molecule has 260 valence electrons. The van der Waals surface area contributed by atoms with Crippen molar-refractivity contribution in [3.05, 3.63) is 12.7 Å². The summed E-state index contributed by atoms with van der Waals surface area (Å²) in [5.74, 6) is 0. The fraction of sp³-hybridized carbons (Fsp3) is 0.926. The Balaban J connectivity index is 1.50. The molecule has 2 fully saturated rings. The normalized spacial score (nSPS) is 32.6. The molecule has 2 aliphatic rings. The van der Waals surface area contributed by atoms with Crippen molar-refractivity contribution in [2.24, 2.45) is 0 Å². The van der Waals surface area contributed by atoms with Crippen LogP contribution >= 0.6 is 0 Å². The highest BCUT2D eigenvalue weighted by Crippen LogP contribution is 2.29. The number of rotatable bonds is 25. The molecule has 0 aliphatic carbocycles. The summed E-state index contributed by atoms with van der Waals surface area (Å²) >= 11 is 0. The van der Waals surface area contributed by atoms with Gasteiger partial charge >= 0.3 is 0 Å². The second-order valence-electron chi connectivity index (χ2n) is 9.80. The van der Waals surface area contributed by atoms with Crippen LogP contribution in [-0.4, -0.2) is 196 Å². The number of aliphatic hydroxyl groups excluding tert-OH is 7. The molecule has 0 aromatic heterocycles. The van der Waals surface area contributed by atoms with E-state index in [0.29, 0.717) is 66.1 Å². The van der Waals surface area contributed by atoms with Gasteiger partial charge in [0, 0.05) is 0 Å². The van der Waals surface area contributed by atoms with Crippen molar-refractivity contribution >= 4 is 0 Å². The third kappa shape index (κ3) is 13.8. The Kier molecular flexibility index (Phi) is 20.9. The number of hydrogen-bond donors (Lipinski definition) is 7. The zero-order valence-corrected chi connectivity index (χ0v) is 24.9. The Morgan fingerprint density at radius 1 is 0.500 bits per heavy atom. The average Bonchev–Trinajstić information content (AvgIpc) is 3.03. The van der Waals surface area contributed by atoms with Gasteiger partial charge in [-0.15, -0.1) is 6.58 Å². The van der Waals surface area contributed by atoms with E-state index in [4.69, 9.17) is 47.4 Å². The predicted octanol–water partition coefficient (Wildman–Crippen LogP) is -4.09. The quantitative estimate of drug-likeness (QED) is 0.0369. The van der Waals surface area contributed by atoms with Crippen LogP contribution in [-0.2, 0) is 47.4 Å². The molecule has 2 heterocycles. The first-order valence-corrected chi connectivity index (χ1v) is 14.6. The first kappa shape index (κ1) is 39.2. The van der Waals surface area contributed by atoms with Crippen LogP contribution < -0.4 is 0 Å². The molecule has 0 aromatic carbocycles. The zero-order chi connectivity index (χ0) is 32.2. The highest BCUT2D eigenvalue weighted by molar-refractivity contribution is 4.94. The molecule has 10 atom stereocenters. The maximum absolute atomic E-state index is 10.6. The van der Waals surface area contributed by atoms with E-state index in [1.54, 1.807) is 6.08 Å². The zero-order valence-electron chi connectivity index (χ0n) is 24.9. The summed E-state index contributed by atoms with van der Waals surface area (Å²) in [5, 5.41) is 70.2. The van der Waals surface area contributed by atoms with Crippen molar-refractivity contribution in [1.29, 1.82) is 0 Å². The molecule has 0 amide bonds. The SMILES string of the molecule is C=CCOCCOCCOCCOCCOCCOCCOC1OC(CO)C(OC2OC(CO)C(O)C(O)C2O)C(O)C1O. The van der Waals surface area contributed by atoms with Gasteiger partial charge in [0.15, 0.2) is 12.6 Å². The van der Waals surface area contributed by atoms with Gasteiger partial charge in [0.05, 0.1) is 99.1 Å². The van der Waals surface area contributed by atoms with Gasteiger partial charge in [-0.2, -0.15) is 0 Å². The molecular formula is C27H50O17. The third-order valence-corrected chi connectivity index (χ3v) is 6.57.